The van der Waals surface area contributed by atoms with Gasteiger partial charge in [-0.2, -0.15) is 0 Å². The van der Waals surface area contributed by atoms with E-state index in [9.17, 15) is 0 Å². The van der Waals surface area contributed by atoms with E-state index in [1.54, 1.807) is 0 Å². The number of likely N-dealkylation sites (N-methyl/N-ethyl adjacent to an activating group) is 1. The van der Waals surface area contributed by atoms with Gasteiger partial charge in [0.05, 0.1) is 6.61 Å². The van der Waals surface area contributed by atoms with Crippen LogP contribution in [0.15, 0.2) is 0 Å². The number of nitrogens with zero attached hydrogens (tertiary/aromatic N) is 3. The van der Waals surface area contributed by atoms with Gasteiger partial charge in [-0.05, 0) is 20.9 Å². The third-order valence-corrected chi connectivity index (χ3v) is 3.03. The molecule has 5 nitrogen and oxygen atoms in total. The smallest absolute Gasteiger partial charge is 0.134 e. The van der Waals surface area contributed by atoms with E-state index in [4.69, 9.17) is 5.11 Å². The molecule has 0 saturated carbocycles. The summed E-state index contributed by atoms with van der Waals surface area (Å²) in [6.07, 6.45) is 0. The maximum atomic E-state index is 9.02. The van der Waals surface area contributed by atoms with Crippen molar-refractivity contribution in [2.24, 2.45) is 0 Å². The zero-order chi connectivity index (χ0) is 11.3. The number of hydrogen-bond donors (Lipinski definition) is 2. The van der Waals surface area contributed by atoms with Crippen molar-refractivity contribution in [2.45, 2.75) is 26.4 Å². The second-order valence-corrected chi connectivity index (χ2v) is 4.28. The van der Waals surface area contributed by atoms with Crippen molar-refractivity contribution in [1.82, 2.24) is 14.5 Å². The molecule has 1 rings (SSSR count). The molecule has 0 saturated heterocycles. The summed E-state index contributed by atoms with van der Waals surface area (Å²) in [5.41, 5.74) is 0.949. The average Bonchev–Trinajstić information content (AvgIpc) is 2.65. The first-order valence-electron chi connectivity index (χ1n) is 5.05. The van der Waals surface area contributed by atoms with Crippen molar-refractivity contribution in [1.29, 1.82) is 0 Å². The Balaban J connectivity index is 2.59. The van der Waals surface area contributed by atoms with Gasteiger partial charge in [0.15, 0.2) is 0 Å². The van der Waals surface area contributed by atoms with E-state index in [2.05, 4.69) is 19.8 Å². The molecule has 0 aliphatic carbocycles. The van der Waals surface area contributed by atoms with Crippen molar-refractivity contribution in [2.75, 3.05) is 25.5 Å². The summed E-state index contributed by atoms with van der Waals surface area (Å²) in [5, 5.41) is 17.3. The molecule has 1 aromatic heterocycles. The van der Waals surface area contributed by atoms with Crippen LogP contribution < -0.4 is 5.32 Å². The van der Waals surface area contributed by atoms with Crippen molar-refractivity contribution in [3.8, 4) is 0 Å². The normalized spacial score (nSPS) is 13.1. The summed E-state index contributed by atoms with van der Waals surface area (Å²) in [6.45, 7) is 5.76. The highest BCUT2D eigenvalue weighted by atomic mass is 32.1. The minimum atomic E-state index is 0.140. The Labute approximate surface area is 94.3 Å². The van der Waals surface area contributed by atoms with Gasteiger partial charge < -0.3 is 10.4 Å². The molecular weight excluding hydrogens is 212 g/mol. The molecule has 0 radical (unpaired) electrons. The molecule has 86 valence electrons. The summed E-state index contributed by atoms with van der Waals surface area (Å²) in [5.74, 6) is 0. The lowest BCUT2D eigenvalue weighted by molar-refractivity contribution is 0.153. The highest BCUT2D eigenvalue weighted by Crippen LogP contribution is 2.19. The molecule has 0 aliphatic rings. The van der Waals surface area contributed by atoms with Gasteiger partial charge in [-0.15, -0.1) is 5.10 Å². The van der Waals surface area contributed by atoms with Crippen LogP contribution in [0.25, 0.3) is 0 Å². The molecule has 0 bridgehead atoms. The predicted octanol–water partition coefficient (Wildman–Crippen LogP) is 0.782. The van der Waals surface area contributed by atoms with Gasteiger partial charge in [-0.25, -0.2) is 0 Å². The Hall–Kier alpha value is -0.720. The molecule has 0 amide bonds. The molecule has 2 N–H and O–H groups in total. The molecule has 1 aromatic rings. The fourth-order valence-electron chi connectivity index (χ4n) is 1.14. The van der Waals surface area contributed by atoms with Gasteiger partial charge in [0.25, 0.3) is 0 Å². The molecule has 0 spiro atoms. The monoisotopic (exact) mass is 230 g/mol. The number of nitrogens with one attached hydrogen (secondary N) is 1. The maximum Gasteiger partial charge on any atom is 0.134 e. The fraction of sp³-hybridized carbons (Fsp3) is 0.778. The molecule has 1 atom stereocenters. The highest BCUT2D eigenvalue weighted by molar-refractivity contribution is 7.10. The second kappa shape index (κ2) is 5.99. The lowest BCUT2D eigenvalue weighted by Crippen LogP contribution is -2.31. The Kier molecular flexibility index (Phi) is 4.93. The highest BCUT2D eigenvalue weighted by Gasteiger charge is 2.13. The third kappa shape index (κ3) is 3.40. The number of aromatic nitrogens is 2. The number of aliphatic hydroxyl groups excluding tert-OH is 1. The van der Waals surface area contributed by atoms with Crippen molar-refractivity contribution in [3.05, 3.63) is 5.69 Å². The number of anilines is 1. The van der Waals surface area contributed by atoms with E-state index < -0.39 is 0 Å². The molecule has 1 heterocycles. The average molecular weight is 230 g/mol. The van der Waals surface area contributed by atoms with Gasteiger partial charge in [0.2, 0.25) is 0 Å². The Morgan fingerprint density at radius 3 is 2.93 bits per heavy atom. The molecule has 6 heteroatoms. The first-order chi connectivity index (χ1) is 7.19. The molecular formula is C9H18N4OS. The van der Waals surface area contributed by atoms with Gasteiger partial charge in [-0.3, -0.25) is 4.90 Å². The van der Waals surface area contributed by atoms with E-state index >= 15 is 0 Å². The first kappa shape index (κ1) is 12.4. The maximum absolute atomic E-state index is 9.02. The van der Waals surface area contributed by atoms with Gasteiger partial charge in [0.1, 0.15) is 10.7 Å². The van der Waals surface area contributed by atoms with Crippen molar-refractivity contribution in [3.63, 3.8) is 0 Å². The molecule has 0 aromatic carbocycles. The van der Waals surface area contributed by atoms with E-state index in [-0.39, 0.29) is 12.6 Å². The van der Waals surface area contributed by atoms with Crippen LogP contribution in [0.1, 0.15) is 19.5 Å². The molecule has 15 heavy (non-hydrogen) atoms. The topological polar surface area (TPSA) is 61.3 Å². The van der Waals surface area contributed by atoms with Crippen molar-refractivity contribution < 1.29 is 5.11 Å². The zero-order valence-corrected chi connectivity index (χ0v) is 10.2. The Morgan fingerprint density at radius 1 is 1.60 bits per heavy atom. The molecule has 0 fully saturated rings. The SMILES string of the molecule is CCNc1snnc1CN(C)C(C)CO. The van der Waals surface area contributed by atoms with Crippen LogP contribution in [0.3, 0.4) is 0 Å². The van der Waals surface area contributed by atoms with Crippen molar-refractivity contribution >= 4 is 16.5 Å². The van der Waals surface area contributed by atoms with Gasteiger partial charge in [0, 0.05) is 30.7 Å². The quantitative estimate of drug-likeness (QED) is 0.756. The number of aliphatic hydroxyl groups is 1. The lowest BCUT2D eigenvalue weighted by Gasteiger charge is -2.21. The van der Waals surface area contributed by atoms with Crippen LogP contribution in [0.2, 0.25) is 0 Å². The van der Waals surface area contributed by atoms with Gasteiger partial charge in [-0.1, -0.05) is 4.49 Å². The standard InChI is InChI=1S/C9H18N4OS/c1-4-10-9-8(11-12-15-9)5-13(3)7(2)6-14/h7,10,14H,4-6H2,1-3H3. The first-order valence-corrected chi connectivity index (χ1v) is 5.82. The van der Waals surface area contributed by atoms with Crippen LogP contribution in [0.4, 0.5) is 5.00 Å². The zero-order valence-electron chi connectivity index (χ0n) is 9.40. The lowest BCUT2D eigenvalue weighted by atomic mass is 10.3. The summed E-state index contributed by atoms with van der Waals surface area (Å²) in [6, 6.07) is 0.140. The Morgan fingerprint density at radius 2 is 2.33 bits per heavy atom. The van der Waals surface area contributed by atoms with Crippen LogP contribution in [0, 0.1) is 0 Å². The summed E-state index contributed by atoms with van der Waals surface area (Å²) in [7, 11) is 1.97. The van der Waals surface area contributed by atoms with Crippen LogP contribution in [-0.2, 0) is 6.54 Å². The van der Waals surface area contributed by atoms with E-state index in [1.807, 2.05) is 20.9 Å². The number of hydrogen-bond acceptors (Lipinski definition) is 6. The van der Waals surface area contributed by atoms with Gasteiger partial charge >= 0.3 is 0 Å². The number of rotatable bonds is 6. The summed E-state index contributed by atoms with van der Waals surface area (Å²) < 4.78 is 3.92. The minimum Gasteiger partial charge on any atom is -0.395 e. The fourth-order valence-corrected chi connectivity index (χ4v) is 1.78. The minimum absolute atomic E-state index is 0.140. The van der Waals surface area contributed by atoms with E-state index in [0.29, 0.717) is 6.54 Å². The second-order valence-electron chi connectivity index (χ2n) is 3.53. The Bertz CT molecular complexity index is 291. The summed E-state index contributed by atoms with van der Waals surface area (Å²) >= 11 is 1.37. The van der Waals surface area contributed by atoms with E-state index in [0.717, 1.165) is 17.2 Å². The molecule has 1 unspecified atom stereocenters. The molecule has 0 aliphatic heterocycles. The third-order valence-electron chi connectivity index (χ3n) is 2.31. The predicted molar refractivity (Wildman–Crippen MR) is 62.1 cm³/mol. The van der Waals surface area contributed by atoms with Crippen LogP contribution >= 0.6 is 11.5 Å². The van der Waals surface area contributed by atoms with E-state index in [1.165, 1.54) is 11.5 Å². The largest absolute Gasteiger partial charge is 0.395 e. The van der Waals surface area contributed by atoms with Crippen LogP contribution in [-0.4, -0.2) is 45.8 Å². The summed E-state index contributed by atoms with van der Waals surface area (Å²) in [4.78, 5) is 2.05. The van der Waals surface area contributed by atoms with Crippen LogP contribution in [0.5, 0.6) is 0 Å².